The van der Waals surface area contributed by atoms with E-state index in [4.69, 9.17) is 0 Å². The smallest absolute Gasteiger partial charge is 0.269 e. The zero-order valence-corrected chi connectivity index (χ0v) is 18.3. The molecule has 0 atom stereocenters. The zero-order chi connectivity index (χ0) is 24.4. The first-order chi connectivity index (χ1) is 16.2. The van der Waals surface area contributed by atoms with E-state index >= 15 is 0 Å². The molecule has 0 fully saturated rings. The van der Waals surface area contributed by atoms with Gasteiger partial charge in [-0.05, 0) is 55.8 Å². The number of carbonyl (C=O) groups is 1. The first-order valence-electron chi connectivity index (χ1n) is 10.3. The van der Waals surface area contributed by atoms with Crippen LogP contribution in [0.4, 0.5) is 15.9 Å². The Bertz CT molecular complexity index is 1440. The van der Waals surface area contributed by atoms with Crippen LogP contribution in [0.1, 0.15) is 21.6 Å². The second-order valence-corrected chi connectivity index (χ2v) is 7.65. The monoisotopic (exact) mass is 458 g/mol. The summed E-state index contributed by atoms with van der Waals surface area (Å²) in [5.74, 6) is -0.949. The molecule has 0 radical (unpaired) electrons. The second-order valence-electron chi connectivity index (χ2n) is 7.65. The lowest BCUT2D eigenvalue weighted by atomic mass is 10.0. The fourth-order valence-corrected chi connectivity index (χ4v) is 3.43. The highest BCUT2D eigenvalue weighted by Crippen LogP contribution is 2.28. The summed E-state index contributed by atoms with van der Waals surface area (Å²) in [5, 5.41) is 18.0. The van der Waals surface area contributed by atoms with Crippen LogP contribution < -0.4 is 10.7 Å². The fraction of sp³-hybridized carbons (Fsp3) is 0.0800. The Morgan fingerprint density at radius 1 is 0.971 bits per heavy atom. The van der Waals surface area contributed by atoms with Gasteiger partial charge in [-0.2, -0.15) is 5.10 Å². The highest BCUT2D eigenvalue weighted by Gasteiger charge is 2.21. The van der Waals surface area contributed by atoms with Gasteiger partial charge in [-0.15, -0.1) is 0 Å². The Morgan fingerprint density at radius 2 is 1.59 bits per heavy atom. The van der Waals surface area contributed by atoms with Crippen LogP contribution in [-0.2, 0) is 0 Å². The number of aromatic nitrogens is 2. The van der Waals surface area contributed by atoms with E-state index in [1.54, 1.807) is 19.1 Å². The Labute approximate surface area is 193 Å². The standard InChI is InChI=1S/C25H19FN4O4/c1-15-3-5-17(6-4-15)22-23(31)16(2)28-29(20-13-9-19(26)10-14-20)24(22)27-25(32)18-7-11-21(12-8-18)30(33)34/h3-14H,1-2H3,(H,27,32). The minimum absolute atomic E-state index is 0.0921. The highest BCUT2D eigenvalue weighted by molar-refractivity contribution is 6.06. The van der Waals surface area contributed by atoms with Gasteiger partial charge in [-0.3, -0.25) is 19.7 Å². The average molecular weight is 458 g/mol. The van der Waals surface area contributed by atoms with Crippen LogP contribution in [0.25, 0.3) is 16.8 Å². The molecular weight excluding hydrogens is 439 g/mol. The van der Waals surface area contributed by atoms with Gasteiger partial charge >= 0.3 is 0 Å². The molecule has 1 amide bonds. The average Bonchev–Trinajstić information content (AvgIpc) is 2.83. The van der Waals surface area contributed by atoms with E-state index in [0.29, 0.717) is 11.3 Å². The van der Waals surface area contributed by atoms with Crippen LogP contribution in [0.5, 0.6) is 0 Å². The van der Waals surface area contributed by atoms with E-state index in [2.05, 4.69) is 10.4 Å². The van der Waals surface area contributed by atoms with E-state index in [-0.39, 0.29) is 33.8 Å². The van der Waals surface area contributed by atoms with Gasteiger partial charge in [0.15, 0.2) is 0 Å². The third-order valence-electron chi connectivity index (χ3n) is 5.24. The molecule has 9 heteroatoms. The Morgan fingerprint density at radius 3 is 2.18 bits per heavy atom. The summed E-state index contributed by atoms with van der Waals surface area (Å²) in [6.45, 7) is 3.47. The number of non-ortho nitro benzene ring substituents is 1. The number of anilines is 1. The molecule has 0 saturated heterocycles. The molecule has 1 N–H and O–H groups in total. The summed E-state index contributed by atoms with van der Waals surface area (Å²) in [6.07, 6.45) is 0. The van der Waals surface area contributed by atoms with Crippen molar-refractivity contribution in [2.24, 2.45) is 0 Å². The highest BCUT2D eigenvalue weighted by atomic mass is 19.1. The molecule has 1 aromatic heterocycles. The molecule has 0 unspecified atom stereocenters. The third kappa shape index (κ3) is 4.44. The quantitative estimate of drug-likeness (QED) is 0.341. The van der Waals surface area contributed by atoms with Gasteiger partial charge in [-0.25, -0.2) is 9.07 Å². The van der Waals surface area contributed by atoms with Crippen LogP contribution in [-0.4, -0.2) is 20.6 Å². The molecule has 3 aromatic carbocycles. The number of nitro groups is 1. The van der Waals surface area contributed by atoms with Crippen molar-refractivity contribution in [2.45, 2.75) is 13.8 Å². The summed E-state index contributed by atoms with van der Waals surface area (Å²) in [7, 11) is 0. The van der Waals surface area contributed by atoms with Crippen molar-refractivity contribution in [3.05, 3.63) is 116 Å². The van der Waals surface area contributed by atoms with Crippen molar-refractivity contribution in [2.75, 3.05) is 5.32 Å². The summed E-state index contributed by atoms with van der Waals surface area (Å²) < 4.78 is 14.9. The molecule has 4 rings (SSSR count). The summed E-state index contributed by atoms with van der Waals surface area (Å²) in [5.41, 5.74) is 2.01. The van der Waals surface area contributed by atoms with Gasteiger partial charge in [0.25, 0.3) is 11.6 Å². The van der Waals surface area contributed by atoms with Gasteiger partial charge in [-0.1, -0.05) is 29.8 Å². The molecule has 0 spiro atoms. The topological polar surface area (TPSA) is 107 Å². The zero-order valence-electron chi connectivity index (χ0n) is 18.3. The van der Waals surface area contributed by atoms with E-state index in [1.165, 1.54) is 53.2 Å². The van der Waals surface area contributed by atoms with Crippen molar-refractivity contribution >= 4 is 17.4 Å². The Kier molecular flexibility index (Phi) is 6.01. The number of nitrogens with zero attached hydrogens (tertiary/aromatic N) is 3. The Hall–Kier alpha value is -4.66. The number of amides is 1. The van der Waals surface area contributed by atoms with E-state index < -0.39 is 16.6 Å². The number of aryl methyl sites for hydroxylation is 2. The van der Waals surface area contributed by atoms with Crippen molar-refractivity contribution in [1.82, 2.24) is 9.78 Å². The minimum Gasteiger partial charge on any atom is -0.306 e. The number of hydrogen-bond donors (Lipinski definition) is 1. The lowest BCUT2D eigenvalue weighted by Gasteiger charge is -2.18. The normalized spacial score (nSPS) is 10.7. The molecule has 0 aliphatic rings. The van der Waals surface area contributed by atoms with Crippen LogP contribution in [0.3, 0.4) is 0 Å². The summed E-state index contributed by atoms with van der Waals surface area (Å²) in [6, 6.07) is 17.7. The number of halogens is 1. The van der Waals surface area contributed by atoms with Gasteiger partial charge in [0.2, 0.25) is 5.43 Å². The molecular formula is C25H19FN4O4. The SMILES string of the molecule is Cc1ccc(-c2c(NC(=O)c3ccc([N+](=O)[O-])cc3)n(-c3ccc(F)cc3)nc(C)c2=O)cc1. The van der Waals surface area contributed by atoms with Crippen molar-refractivity contribution in [3.8, 4) is 16.8 Å². The Balaban J connectivity index is 1.90. The van der Waals surface area contributed by atoms with Crippen LogP contribution >= 0.6 is 0 Å². The maximum Gasteiger partial charge on any atom is 0.269 e. The van der Waals surface area contributed by atoms with Gasteiger partial charge < -0.3 is 5.32 Å². The van der Waals surface area contributed by atoms with Crippen LogP contribution in [0, 0.1) is 29.8 Å². The van der Waals surface area contributed by atoms with Gasteiger partial charge in [0.1, 0.15) is 17.3 Å². The van der Waals surface area contributed by atoms with Crippen molar-refractivity contribution in [3.63, 3.8) is 0 Å². The third-order valence-corrected chi connectivity index (χ3v) is 5.24. The van der Waals surface area contributed by atoms with Gasteiger partial charge in [0, 0.05) is 17.7 Å². The summed E-state index contributed by atoms with van der Waals surface area (Å²) >= 11 is 0. The number of rotatable bonds is 5. The van der Waals surface area contributed by atoms with E-state index in [0.717, 1.165) is 5.56 Å². The number of nitro benzene ring substituents is 1. The maximum absolute atomic E-state index is 13.6. The predicted octanol–water partition coefficient (Wildman–Crippen LogP) is 4.82. The number of nitrogens with one attached hydrogen (secondary N) is 1. The molecule has 0 saturated carbocycles. The van der Waals surface area contributed by atoms with Crippen LogP contribution in [0.2, 0.25) is 0 Å². The molecule has 0 bridgehead atoms. The molecule has 0 aliphatic carbocycles. The van der Waals surface area contributed by atoms with Gasteiger partial charge in [0.05, 0.1) is 16.2 Å². The molecule has 4 aromatic rings. The molecule has 1 heterocycles. The minimum atomic E-state index is -0.593. The lowest BCUT2D eigenvalue weighted by molar-refractivity contribution is -0.384. The lowest BCUT2D eigenvalue weighted by Crippen LogP contribution is -2.25. The number of benzene rings is 3. The maximum atomic E-state index is 13.6. The predicted molar refractivity (Wildman–Crippen MR) is 126 cm³/mol. The molecule has 34 heavy (non-hydrogen) atoms. The number of hydrogen-bond acceptors (Lipinski definition) is 5. The summed E-state index contributed by atoms with van der Waals surface area (Å²) in [4.78, 5) is 36.6. The van der Waals surface area contributed by atoms with Crippen molar-refractivity contribution in [1.29, 1.82) is 0 Å². The fourth-order valence-electron chi connectivity index (χ4n) is 3.43. The number of carbonyl (C=O) groups excluding carboxylic acids is 1. The first kappa shape index (κ1) is 22.5. The molecule has 170 valence electrons. The molecule has 8 nitrogen and oxygen atoms in total. The first-order valence-corrected chi connectivity index (χ1v) is 10.3. The largest absolute Gasteiger partial charge is 0.306 e. The van der Waals surface area contributed by atoms with E-state index in [9.17, 15) is 24.1 Å². The van der Waals surface area contributed by atoms with Crippen molar-refractivity contribution < 1.29 is 14.1 Å². The second kappa shape index (κ2) is 9.07. The van der Waals surface area contributed by atoms with E-state index in [1.807, 2.05) is 19.1 Å². The molecule has 0 aliphatic heterocycles. The van der Waals surface area contributed by atoms with Crippen LogP contribution in [0.15, 0.2) is 77.6 Å².